The zero-order valence-corrected chi connectivity index (χ0v) is 37.7. The molecule has 4 aliphatic carbocycles. The minimum absolute atomic E-state index is 0.427. The van der Waals surface area contributed by atoms with Crippen LogP contribution in [0.3, 0.4) is 0 Å². The van der Waals surface area contributed by atoms with Gasteiger partial charge in [-0.1, -0.05) is 49.4 Å². The number of hydrogen-bond acceptors (Lipinski definition) is 7. The van der Waals surface area contributed by atoms with Crippen LogP contribution in [0.5, 0.6) is 0 Å². The van der Waals surface area contributed by atoms with E-state index in [0.29, 0.717) is 38.3 Å². The monoisotopic (exact) mass is 835 g/mol. The summed E-state index contributed by atoms with van der Waals surface area (Å²) in [5.41, 5.74) is 17.0. The average Bonchev–Trinajstić information content (AvgIpc) is 3.97. The lowest BCUT2D eigenvalue weighted by Crippen LogP contribution is -2.23. The number of aliphatic imine (C=N–C) groups is 2. The van der Waals surface area contributed by atoms with E-state index in [2.05, 4.69) is 145 Å². The van der Waals surface area contributed by atoms with E-state index < -0.39 is 0 Å². The quantitative estimate of drug-likeness (QED) is 0.0369. The first-order valence-corrected chi connectivity index (χ1v) is 23.2. The van der Waals surface area contributed by atoms with Crippen molar-refractivity contribution in [3.63, 3.8) is 0 Å². The molecule has 0 aliphatic heterocycles. The molecular formula is C53H66N6O3. The van der Waals surface area contributed by atoms with Gasteiger partial charge in [-0.15, -0.1) is 0 Å². The maximum Gasteiger partial charge on any atom is 0.106 e. The Bertz CT molecular complexity index is 2400. The Morgan fingerprint density at radius 2 is 1.73 bits per heavy atom. The van der Waals surface area contributed by atoms with Crippen molar-refractivity contribution in [3.8, 4) is 0 Å². The first-order chi connectivity index (χ1) is 30.5. The van der Waals surface area contributed by atoms with Gasteiger partial charge in [0.15, 0.2) is 0 Å². The van der Waals surface area contributed by atoms with Gasteiger partial charge in [0.2, 0.25) is 0 Å². The van der Waals surface area contributed by atoms with E-state index in [9.17, 15) is 0 Å². The van der Waals surface area contributed by atoms with Crippen molar-refractivity contribution in [2.75, 3.05) is 51.9 Å². The summed E-state index contributed by atoms with van der Waals surface area (Å²) in [5.74, 6) is 1.16. The molecule has 0 spiro atoms. The third-order valence-corrected chi connectivity index (χ3v) is 12.9. The van der Waals surface area contributed by atoms with E-state index in [1.807, 2.05) is 6.21 Å². The predicted octanol–water partition coefficient (Wildman–Crippen LogP) is 11.1. The van der Waals surface area contributed by atoms with Crippen molar-refractivity contribution in [1.29, 1.82) is 0 Å². The van der Waals surface area contributed by atoms with Crippen molar-refractivity contribution < 1.29 is 14.5 Å². The van der Waals surface area contributed by atoms with E-state index in [-0.39, 0.29) is 0 Å². The second-order valence-corrected chi connectivity index (χ2v) is 17.0. The second kappa shape index (κ2) is 20.8. The lowest BCUT2D eigenvalue weighted by Gasteiger charge is -2.24. The summed E-state index contributed by atoms with van der Waals surface area (Å²) < 4.78 is 10.8. The number of rotatable bonds is 22. The van der Waals surface area contributed by atoms with Crippen LogP contribution >= 0.6 is 0 Å². The molecule has 8 rings (SSSR count). The van der Waals surface area contributed by atoms with Crippen LogP contribution in [-0.2, 0) is 46.9 Å². The molecule has 1 N–H and O–H groups in total. The zero-order chi connectivity index (χ0) is 42.8. The second-order valence-electron chi connectivity index (χ2n) is 17.0. The van der Waals surface area contributed by atoms with Gasteiger partial charge in [0.25, 0.3) is 0 Å². The van der Waals surface area contributed by atoms with Gasteiger partial charge in [-0.2, -0.15) is 0 Å². The third kappa shape index (κ3) is 10.0. The summed E-state index contributed by atoms with van der Waals surface area (Å²) >= 11 is 0. The third-order valence-electron chi connectivity index (χ3n) is 12.9. The Labute approximate surface area is 369 Å². The number of aromatic nitrogens is 2. The highest BCUT2D eigenvalue weighted by atomic mass is 17.2. The SMILES string of the molecule is CCc1c(/C=C(\C)N=CC2=CC=C(N(C)CCCOCCOOCCCNc3ccc(C=NC4=Cc5c6c(n(CC)c5CC4)C=CCC6)cc3)C3C[C@H]23)c2ccccc2n1CC. The number of ether oxygens (including phenoxy) is 1. The first-order valence-electron chi connectivity index (χ1n) is 23.2. The van der Waals surface area contributed by atoms with E-state index in [1.165, 1.54) is 68.1 Å². The van der Waals surface area contributed by atoms with E-state index in [0.717, 1.165) is 88.1 Å². The largest absolute Gasteiger partial charge is 0.385 e. The lowest BCUT2D eigenvalue weighted by atomic mass is 9.94. The number of hydrogen-bond donors (Lipinski definition) is 1. The van der Waals surface area contributed by atoms with Gasteiger partial charge in [0, 0.05) is 120 Å². The summed E-state index contributed by atoms with van der Waals surface area (Å²) in [6.07, 6.45) is 26.2. The minimum Gasteiger partial charge on any atom is -0.385 e. The fraction of sp³-hybridized carbons (Fsp3) is 0.434. The Morgan fingerprint density at radius 3 is 2.56 bits per heavy atom. The van der Waals surface area contributed by atoms with Crippen LogP contribution in [0.2, 0.25) is 0 Å². The summed E-state index contributed by atoms with van der Waals surface area (Å²) in [5, 5.41) is 4.78. The molecule has 62 heavy (non-hydrogen) atoms. The van der Waals surface area contributed by atoms with Gasteiger partial charge in [-0.05, 0) is 137 Å². The molecule has 2 heterocycles. The van der Waals surface area contributed by atoms with E-state index in [4.69, 9.17) is 24.5 Å². The van der Waals surface area contributed by atoms with Crippen molar-refractivity contribution in [2.45, 2.75) is 92.2 Å². The number of aryl methyl sites for hydroxylation is 1. The number of allylic oxidation sites excluding steroid dienone is 7. The number of nitrogens with one attached hydrogen (secondary N) is 1. The number of anilines is 1. The van der Waals surface area contributed by atoms with Crippen molar-refractivity contribution in [1.82, 2.24) is 14.0 Å². The standard InChI is InChI=1S/C53H66N6O3/c1-6-49-46(43-15-9-11-17-51(43)58(49)7-2)33-38(4)55-37-40-21-25-50(48-35-45(40)48)57(5)28-14-29-60-31-32-62-61-30-13-27-54-41-22-19-39(20-23-41)36-56-42-24-26-53-47(34-42)44-16-10-12-18-52(44)59(53)8-3/h9,11-12,15,17-23,25,33-34,36-37,45,48,54H,6-8,10,13-14,16,24,26-32,35H2,1-5H3/b38-33+,55-37?,56-36?/t45-,48?/m1/s1. The molecule has 4 aliphatic rings. The van der Waals surface area contributed by atoms with Crippen LogP contribution in [-0.4, -0.2) is 73.0 Å². The molecule has 0 radical (unpaired) electrons. The van der Waals surface area contributed by atoms with Crippen LogP contribution in [0, 0.1) is 11.8 Å². The van der Waals surface area contributed by atoms with Crippen molar-refractivity contribution in [3.05, 3.63) is 129 Å². The van der Waals surface area contributed by atoms with Gasteiger partial charge in [0.05, 0.1) is 13.2 Å². The van der Waals surface area contributed by atoms with Gasteiger partial charge >= 0.3 is 0 Å². The molecule has 2 aromatic heterocycles. The minimum atomic E-state index is 0.427. The van der Waals surface area contributed by atoms with E-state index >= 15 is 0 Å². The number of para-hydroxylation sites is 1. The lowest BCUT2D eigenvalue weighted by molar-refractivity contribution is -0.299. The molecule has 2 atom stereocenters. The Balaban J connectivity index is 0.676. The van der Waals surface area contributed by atoms with Gasteiger partial charge < -0.3 is 24.1 Å². The maximum atomic E-state index is 5.84. The fourth-order valence-electron chi connectivity index (χ4n) is 9.66. The molecule has 9 heteroatoms. The molecule has 0 bridgehead atoms. The topological polar surface area (TPSA) is 77.5 Å². The maximum absolute atomic E-state index is 5.84. The number of nitrogens with zero attached hydrogens (tertiary/aromatic N) is 5. The Morgan fingerprint density at radius 1 is 0.887 bits per heavy atom. The van der Waals surface area contributed by atoms with E-state index in [1.54, 1.807) is 0 Å². The Hall–Kier alpha value is -5.22. The molecule has 0 amide bonds. The van der Waals surface area contributed by atoms with Crippen LogP contribution in [0.25, 0.3) is 29.1 Å². The predicted molar refractivity (Wildman–Crippen MR) is 258 cm³/mol. The molecule has 9 nitrogen and oxygen atoms in total. The Kier molecular flexibility index (Phi) is 14.5. The van der Waals surface area contributed by atoms with Crippen molar-refractivity contribution in [2.24, 2.45) is 21.8 Å². The average molecular weight is 835 g/mol. The zero-order valence-electron chi connectivity index (χ0n) is 37.7. The van der Waals surface area contributed by atoms with Crippen LogP contribution in [0.1, 0.15) is 99.1 Å². The van der Waals surface area contributed by atoms with Crippen molar-refractivity contribution >= 4 is 47.2 Å². The summed E-state index contributed by atoms with van der Waals surface area (Å²) in [6.45, 7) is 14.8. The molecule has 326 valence electrons. The normalized spacial score (nSPS) is 18.2. The summed E-state index contributed by atoms with van der Waals surface area (Å²) in [6, 6.07) is 17.2. The first kappa shape index (κ1) is 43.4. The highest BCUT2D eigenvalue weighted by Gasteiger charge is 2.44. The summed E-state index contributed by atoms with van der Waals surface area (Å²) in [7, 11) is 2.20. The smallest absolute Gasteiger partial charge is 0.106 e. The highest BCUT2D eigenvalue weighted by Crippen LogP contribution is 2.51. The number of benzene rings is 2. The molecule has 1 saturated carbocycles. The molecule has 1 unspecified atom stereocenters. The molecule has 0 saturated heterocycles. The fourth-order valence-corrected chi connectivity index (χ4v) is 9.66. The van der Waals surface area contributed by atoms with Crippen LogP contribution in [0.4, 0.5) is 5.69 Å². The van der Waals surface area contributed by atoms with Crippen LogP contribution in [0.15, 0.2) is 99.4 Å². The van der Waals surface area contributed by atoms with Crippen LogP contribution < -0.4 is 5.32 Å². The highest BCUT2D eigenvalue weighted by molar-refractivity contribution is 5.92. The van der Waals surface area contributed by atoms with Gasteiger partial charge in [0.1, 0.15) is 6.61 Å². The van der Waals surface area contributed by atoms with Gasteiger partial charge in [-0.25, -0.2) is 9.78 Å². The number of fused-ring (bicyclic) bond motifs is 5. The molecule has 1 fully saturated rings. The molecular weight excluding hydrogens is 769 g/mol. The molecule has 2 aromatic carbocycles. The molecule has 4 aromatic rings. The van der Waals surface area contributed by atoms with Gasteiger partial charge in [-0.3, -0.25) is 9.98 Å². The summed E-state index contributed by atoms with van der Waals surface area (Å²) in [4.78, 5) is 23.0.